The standard InChI is InChI=1S/C36H68O6/c1-3-5-7-9-11-13-15-17-19-21-23-25-27-29-33-39-41-35(37)31-32-36(38)42-40-34-30-28-26-24-22-20-18-16-14-12-10-8-6-4-2/h31-32H,3-30,33-34H2,1-2H3. The second kappa shape index (κ2) is 35.8. The van der Waals surface area contributed by atoms with Crippen LogP contribution in [0.1, 0.15) is 194 Å². The molecular weight excluding hydrogens is 528 g/mol. The second-order valence-corrected chi connectivity index (χ2v) is 12.0. The van der Waals surface area contributed by atoms with E-state index in [-0.39, 0.29) is 0 Å². The average molecular weight is 597 g/mol. The molecule has 0 radical (unpaired) electrons. The van der Waals surface area contributed by atoms with Crippen LogP contribution in [0.15, 0.2) is 12.2 Å². The summed E-state index contributed by atoms with van der Waals surface area (Å²) in [7, 11) is 0. The highest BCUT2D eigenvalue weighted by atomic mass is 17.2. The Labute approximate surface area is 259 Å². The molecule has 0 heterocycles. The van der Waals surface area contributed by atoms with Crippen molar-refractivity contribution in [2.75, 3.05) is 13.2 Å². The fourth-order valence-electron chi connectivity index (χ4n) is 5.10. The van der Waals surface area contributed by atoms with Crippen LogP contribution in [0.4, 0.5) is 0 Å². The van der Waals surface area contributed by atoms with E-state index in [0.717, 1.165) is 37.8 Å². The van der Waals surface area contributed by atoms with Gasteiger partial charge in [-0.2, -0.15) is 9.78 Å². The van der Waals surface area contributed by atoms with Crippen molar-refractivity contribution in [1.82, 2.24) is 0 Å². The van der Waals surface area contributed by atoms with Crippen LogP contribution in [0.3, 0.4) is 0 Å². The Balaban J connectivity index is 3.33. The minimum Gasteiger partial charge on any atom is -0.294 e. The second-order valence-electron chi connectivity index (χ2n) is 12.0. The lowest BCUT2D eigenvalue weighted by atomic mass is 10.0. The molecule has 0 aliphatic rings. The Morgan fingerprint density at radius 1 is 0.357 bits per heavy atom. The molecule has 0 bridgehead atoms. The van der Waals surface area contributed by atoms with Crippen LogP contribution in [0.25, 0.3) is 0 Å². The highest BCUT2D eigenvalue weighted by Crippen LogP contribution is 2.14. The highest BCUT2D eigenvalue weighted by molar-refractivity contribution is 5.91. The van der Waals surface area contributed by atoms with Gasteiger partial charge < -0.3 is 0 Å². The average Bonchev–Trinajstić information content (AvgIpc) is 2.99. The summed E-state index contributed by atoms with van der Waals surface area (Å²) in [5.74, 6) is -1.46. The predicted molar refractivity (Wildman–Crippen MR) is 174 cm³/mol. The monoisotopic (exact) mass is 597 g/mol. The summed E-state index contributed by atoms with van der Waals surface area (Å²) >= 11 is 0. The van der Waals surface area contributed by atoms with E-state index < -0.39 is 11.9 Å². The first-order valence-corrected chi connectivity index (χ1v) is 18.1. The summed E-state index contributed by atoms with van der Waals surface area (Å²) in [6, 6.07) is 0. The lowest BCUT2D eigenvalue weighted by Crippen LogP contribution is -2.07. The van der Waals surface area contributed by atoms with Gasteiger partial charge in [-0.1, -0.05) is 181 Å². The maximum Gasteiger partial charge on any atom is 0.366 e. The first kappa shape index (κ1) is 40.6. The van der Waals surface area contributed by atoms with Crippen molar-refractivity contribution in [2.45, 2.75) is 194 Å². The fraction of sp³-hybridized carbons (Fsp3) is 0.889. The molecular formula is C36H68O6. The van der Waals surface area contributed by atoms with Crippen molar-refractivity contribution in [3.8, 4) is 0 Å². The van der Waals surface area contributed by atoms with Gasteiger partial charge in [0.15, 0.2) is 0 Å². The van der Waals surface area contributed by atoms with E-state index in [2.05, 4.69) is 23.6 Å². The zero-order valence-electron chi connectivity index (χ0n) is 27.8. The van der Waals surface area contributed by atoms with Crippen LogP contribution >= 0.6 is 0 Å². The summed E-state index contributed by atoms with van der Waals surface area (Å²) in [6.45, 7) is 5.26. The smallest absolute Gasteiger partial charge is 0.294 e. The van der Waals surface area contributed by atoms with Gasteiger partial charge >= 0.3 is 11.9 Å². The third kappa shape index (κ3) is 34.8. The molecule has 0 amide bonds. The maximum atomic E-state index is 11.6. The molecule has 0 saturated carbocycles. The van der Waals surface area contributed by atoms with E-state index in [4.69, 9.17) is 9.78 Å². The molecule has 0 aromatic carbocycles. The summed E-state index contributed by atoms with van der Waals surface area (Å²) in [5.41, 5.74) is 0. The molecule has 0 aliphatic heterocycles. The lowest BCUT2D eigenvalue weighted by molar-refractivity contribution is -0.269. The molecule has 0 unspecified atom stereocenters. The Morgan fingerprint density at radius 2 is 0.571 bits per heavy atom. The predicted octanol–water partition coefficient (Wildman–Crippen LogP) is 11.5. The minimum absolute atomic E-state index is 0.365. The molecule has 0 aliphatic carbocycles. The van der Waals surface area contributed by atoms with Crippen LogP contribution in [-0.2, 0) is 29.1 Å². The van der Waals surface area contributed by atoms with Gasteiger partial charge in [-0.05, 0) is 12.8 Å². The van der Waals surface area contributed by atoms with Crippen molar-refractivity contribution in [3.63, 3.8) is 0 Å². The molecule has 0 aromatic heterocycles. The van der Waals surface area contributed by atoms with Gasteiger partial charge in [-0.15, -0.1) is 0 Å². The first-order chi connectivity index (χ1) is 20.7. The van der Waals surface area contributed by atoms with Crippen molar-refractivity contribution in [2.24, 2.45) is 0 Å². The van der Waals surface area contributed by atoms with Crippen LogP contribution in [-0.4, -0.2) is 25.2 Å². The van der Waals surface area contributed by atoms with E-state index in [1.807, 2.05) is 0 Å². The van der Waals surface area contributed by atoms with Crippen molar-refractivity contribution >= 4 is 11.9 Å². The molecule has 6 heteroatoms. The zero-order valence-corrected chi connectivity index (χ0v) is 27.8. The van der Waals surface area contributed by atoms with Gasteiger partial charge in [0, 0.05) is 12.2 Å². The molecule has 0 saturated heterocycles. The molecule has 0 spiro atoms. The minimum atomic E-state index is -0.732. The maximum absolute atomic E-state index is 11.6. The van der Waals surface area contributed by atoms with E-state index in [0.29, 0.717) is 13.2 Å². The van der Waals surface area contributed by atoms with Gasteiger partial charge in [-0.25, -0.2) is 9.59 Å². The number of hydrogen-bond donors (Lipinski definition) is 0. The third-order valence-corrected chi connectivity index (χ3v) is 7.80. The molecule has 0 atom stereocenters. The molecule has 6 nitrogen and oxygen atoms in total. The van der Waals surface area contributed by atoms with E-state index >= 15 is 0 Å². The van der Waals surface area contributed by atoms with Gasteiger partial charge in [-0.3, -0.25) is 9.78 Å². The SMILES string of the molecule is CCCCCCCCCCCCCCCCOOC(=O)C=CC(=O)OOCCCCCCCCCCCCCCCC. The Kier molecular flexibility index (Phi) is 34.6. The van der Waals surface area contributed by atoms with Gasteiger partial charge in [0.1, 0.15) is 0 Å². The van der Waals surface area contributed by atoms with E-state index in [9.17, 15) is 9.59 Å². The van der Waals surface area contributed by atoms with Crippen LogP contribution < -0.4 is 0 Å². The zero-order chi connectivity index (χ0) is 30.6. The third-order valence-electron chi connectivity index (χ3n) is 7.80. The molecule has 0 N–H and O–H groups in total. The van der Waals surface area contributed by atoms with Crippen LogP contribution in [0, 0.1) is 0 Å². The summed E-state index contributed by atoms with van der Waals surface area (Å²) in [6.07, 6.45) is 38.0. The highest BCUT2D eigenvalue weighted by Gasteiger charge is 2.03. The van der Waals surface area contributed by atoms with Gasteiger partial charge in [0.05, 0.1) is 13.2 Å². The molecule has 0 rings (SSSR count). The fourth-order valence-corrected chi connectivity index (χ4v) is 5.10. The summed E-state index contributed by atoms with van der Waals surface area (Å²) in [5, 5.41) is 0. The number of carbonyl (C=O) groups excluding carboxylic acids is 2. The normalized spacial score (nSPS) is 11.4. The van der Waals surface area contributed by atoms with Crippen LogP contribution in [0.2, 0.25) is 0 Å². The Bertz CT molecular complexity index is 541. The van der Waals surface area contributed by atoms with E-state index in [1.54, 1.807) is 0 Å². The number of carbonyl (C=O) groups is 2. The number of hydrogen-bond acceptors (Lipinski definition) is 6. The molecule has 0 fully saturated rings. The topological polar surface area (TPSA) is 71.1 Å². The molecule has 0 aromatic rings. The molecule has 42 heavy (non-hydrogen) atoms. The Hall–Kier alpha value is -1.40. The summed E-state index contributed by atoms with van der Waals surface area (Å²) < 4.78 is 0. The first-order valence-electron chi connectivity index (χ1n) is 18.1. The quantitative estimate of drug-likeness (QED) is 0.0318. The van der Waals surface area contributed by atoms with E-state index in [1.165, 1.54) is 154 Å². The summed E-state index contributed by atoms with van der Waals surface area (Å²) in [4.78, 5) is 42.5. The van der Waals surface area contributed by atoms with Crippen molar-refractivity contribution in [3.05, 3.63) is 12.2 Å². The van der Waals surface area contributed by atoms with Crippen molar-refractivity contribution < 1.29 is 29.1 Å². The van der Waals surface area contributed by atoms with Gasteiger partial charge in [0.2, 0.25) is 0 Å². The Morgan fingerprint density at radius 3 is 0.810 bits per heavy atom. The van der Waals surface area contributed by atoms with Crippen molar-refractivity contribution in [1.29, 1.82) is 0 Å². The molecule has 248 valence electrons. The van der Waals surface area contributed by atoms with Crippen LogP contribution in [0.5, 0.6) is 0 Å². The number of rotatable bonds is 34. The lowest BCUT2D eigenvalue weighted by Gasteiger charge is -2.04. The van der Waals surface area contributed by atoms with Gasteiger partial charge in [0.25, 0.3) is 0 Å². The number of unbranched alkanes of at least 4 members (excludes halogenated alkanes) is 26. The largest absolute Gasteiger partial charge is 0.366 e.